The number of thiocarbonyl (C=S) groups is 1. The predicted octanol–water partition coefficient (Wildman–Crippen LogP) is 3.11. The molecule has 9 heteroatoms. The van der Waals surface area contributed by atoms with Gasteiger partial charge in [-0.3, -0.25) is 20.2 Å². The Bertz CT molecular complexity index is 802. The highest BCUT2D eigenvalue weighted by Gasteiger charge is 2.16. The van der Waals surface area contributed by atoms with Crippen molar-refractivity contribution in [2.75, 3.05) is 11.9 Å². The molecule has 1 aromatic heterocycles. The zero-order chi connectivity index (χ0) is 18.2. The first-order valence-corrected chi connectivity index (χ1v) is 7.65. The van der Waals surface area contributed by atoms with Crippen LogP contribution in [0.15, 0.2) is 47.1 Å². The topological polar surface area (TPSA) is 107 Å². The van der Waals surface area contributed by atoms with Gasteiger partial charge in [-0.1, -0.05) is 0 Å². The van der Waals surface area contributed by atoms with Crippen molar-refractivity contribution in [1.82, 2.24) is 5.32 Å². The van der Waals surface area contributed by atoms with Gasteiger partial charge in [-0.25, -0.2) is 0 Å². The third kappa shape index (κ3) is 5.43. The van der Waals surface area contributed by atoms with Gasteiger partial charge in [-0.05, 0) is 49.5 Å². The molecule has 0 saturated heterocycles. The Morgan fingerprint density at radius 2 is 2.24 bits per heavy atom. The van der Waals surface area contributed by atoms with Crippen LogP contribution in [0.4, 0.5) is 11.4 Å². The Morgan fingerprint density at radius 3 is 2.88 bits per heavy atom. The van der Waals surface area contributed by atoms with Crippen LogP contribution in [0.5, 0.6) is 5.75 Å². The van der Waals surface area contributed by atoms with Gasteiger partial charge in [0.15, 0.2) is 5.11 Å². The summed E-state index contributed by atoms with van der Waals surface area (Å²) in [6.45, 7) is 2.17. The molecule has 8 nitrogen and oxygen atoms in total. The Labute approximate surface area is 148 Å². The van der Waals surface area contributed by atoms with Gasteiger partial charge in [0.2, 0.25) is 5.91 Å². The monoisotopic (exact) mass is 361 g/mol. The number of hydrogen-bond acceptors (Lipinski definition) is 6. The van der Waals surface area contributed by atoms with Crippen LogP contribution in [0.3, 0.4) is 0 Å². The van der Waals surface area contributed by atoms with Gasteiger partial charge in [0, 0.05) is 6.08 Å². The molecule has 0 spiro atoms. The first kappa shape index (κ1) is 18.1. The molecule has 2 rings (SSSR count). The number of nitrogens with zero attached hydrogens (tertiary/aromatic N) is 1. The Morgan fingerprint density at radius 1 is 1.44 bits per heavy atom. The van der Waals surface area contributed by atoms with E-state index < -0.39 is 10.8 Å². The second-order valence-corrected chi connectivity index (χ2v) is 5.07. The number of furan rings is 1. The number of nitro benzene ring substituents is 1. The standard InChI is InChI=1S/C16H15N3O5S/c1-2-23-12-5-7-13(14(10-12)19(21)22)17-16(25)18-15(20)8-6-11-4-3-9-24-11/h3-10H,2H2,1H3,(H2,17,18,20,25)/b8-6+. The van der Waals surface area contributed by atoms with Crippen LogP contribution >= 0.6 is 12.2 Å². The van der Waals surface area contributed by atoms with Crippen LogP contribution in [-0.4, -0.2) is 22.5 Å². The van der Waals surface area contributed by atoms with Crippen molar-refractivity contribution in [2.24, 2.45) is 0 Å². The molecular weight excluding hydrogens is 346 g/mol. The van der Waals surface area contributed by atoms with Crippen molar-refractivity contribution in [2.45, 2.75) is 6.92 Å². The molecule has 0 fully saturated rings. The second-order valence-electron chi connectivity index (χ2n) is 4.66. The Kier molecular flexibility index (Phi) is 6.24. The van der Waals surface area contributed by atoms with Crippen molar-refractivity contribution in [1.29, 1.82) is 0 Å². The van der Waals surface area contributed by atoms with E-state index in [1.54, 1.807) is 25.1 Å². The van der Waals surface area contributed by atoms with Gasteiger partial charge < -0.3 is 14.5 Å². The Balaban J connectivity index is 2.02. The normalized spacial score (nSPS) is 10.4. The van der Waals surface area contributed by atoms with Gasteiger partial charge in [0.1, 0.15) is 17.2 Å². The summed E-state index contributed by atoms with van der Waals surface area (Å²) in [6, 6.07) is 7.69. The molecule has 1 amide bonds. The van der Waals surface area contributed by atoms with E-state index in [4.69, 9.17) is 21.4 Å². The van der Waals surface area contributed by atoms with Crippen molar-refractivity contribution >= 4 is 40.7 Å². The number of rotatable bonds is 6. The minimum Gasteiger partial charge on any atom is -0.494 e. The summed E-state index contributed by atoms with van der Waals surface area (Å²) in [5, 5.41) is 16.1. The van der Waals surface area contributed by atoms with E-state index >= 15 is 0 Å². The van der Waals surface area contributed by atoms with Crippen molar-refractivity contribution < 1.29 is 18.9 Å². The molecular formula is C16H15N3O5S. The maximum absolute atomic E-state index is 11.8. The summed E-state index contributed by atoms with van der Waals surface area (Å²) >= 11 is 5.00. The summed E-state index contributed by atoms with van der Waals surface area (Å²) in [5.74, 6) is 0.384. The van der Waals surface area contributed by atoms with E-state index in [1.807, 2.05) is 0 Å². The highest BCUT2D eigenvalue weighted by Crippen LogP contribution is 2.29. The van der Waals surface area contributed by atoms with Gasteiger partial charge in [-0.2, -0.15) is 0 Å². The largest absolute Gasteiger partial charge is 0.494 e. The SMILES string of the molecule is CCOc1ccc(NC(=S)NC(=O)/C=C/c2ccco2)c([N+](=O)[O-])c1. The highest BCUT2D eigenvalue weighted by atomic mass is 32.1. The quantitative estimate of drug-likeness (QED) is 0.352. The predicted molar refractivity (Wildman–Crippen MR) is 96.4 cm³/mol. The number of amides is 1. The van der Waals surface area contributed by atoms with Crippen LogP contribution in [0, 0.1) is 10.1 Å². The fourth-order valence-corrected chi connectivity index (χ4v) is 2.09. The van der Waals surface area contributed by atoms with E-state index in [2.05, 4.69) is 10.6 Å². The molecule has 0 unspecified atom stereocenters. The lowest BCUT2D eigenvalue weighted by atomic mass is 10.2. The van der Waals surface area contributed by atoms with Crippen LogP contribution < -0.4 is 15.4 Å². The zero-order valence-corrected chi connectivity index (χ0v) is 14.0. The fourth-order valence-electron chi connectivity index (χ4n) is 1.88. The molecule has 0 bridgehead atoms. The van der Waals surface area contributed by atoms with Gasteiger partial charge in [0.25, 0.3) is 5.69 Å². The molecule has 1 heterocycles. The number of carbonyl (C=O) groups excluding carboxylic acids is 1. The highest BCUT2D eigenvalue weighted by molar-refractivity contribution is 7.80. The third-order valence-corrected chi connectivity index (χ3v) is 3.11. The zero-order valence-electron chi connectivity index (χ0n) is 13.2. The summed E-state index contributed by atoms with van der Waals surface area (Å²) in [7, 11) is 0. The molecule has 0 aliphatic heterocycles. The summed E-state index contributed by atoms with van der Waals surface area (Å²) in [6.07, 6.45) is 4.19. The first-order chi connectivity index (χ1) is 12.0. The number of anilines is 1. The average molecular weight is 361 g/mol. The van der Waals surface area contributed by atoms with Crippen LogP contribution in [0.25, 0.3) is 6.08 Å². The average Bonchev–Trinajstić information content (AvgIpc) is 3.08. The van der Waals surface area contributed by atoms with Crippen LogP contribution in [-0.2, 0) is 4.79 Å². The summed E-state index contributed by atoms with van der Waals surface area (Å²) in [4.78, 5) is 22.4. The van der Waals surface area contributed by atoms with E-state index in [-0.39, 0.29) is 16.5 Å². The van der Waals surface area contributed by atoms with Gasteiger partial charge in [-0.15, -0.1) is 0 Å². The third-order valence-electron chi connectivity index (χ3n) is 2.90. The molecule has 130 valence electrons. The summed E-state index contributed by atoms with van der Waals surface area (Å²) in [5.41, 5.74) is -0.0672. The maximum Gasteiger partial charge on any atom is 0.296 e. The lowest BCUT2D eigenvalue weighted by Crippen LogP contribution is -2.33. The second kappa shape index (κ2) is 8.60. The van der Waals surface area contributed by atoms with Gasteiger partial charge in [0.05, 0.1) is 23.9 Å². The molecule has 2 N–H and O–H groups in total. The first-order valence-electron chi connectivity index (χ1n) is 7.24. The van der Waals surface area contributed by atoms with E-state index in [0.717, 1.165) is 0 Å². The van der Waals surface area contributed by atoms with E-state index in [0.29, 0.717) is 18.1 Å². The molecule has 0 aliphatic carbocycles. The molecule has 0 atom stereocenters. The molecule has 0 aliphatic rings. The number of hydrogen-bond donors (Lipinski definition) is 2. The lowest BCUT2D eigenvalue weighted by Gasteiger charge is -2.10. The minimum atomic E-state index is -0.563. The van der Waals surface area contributed by atoms with Crippen LogP contribution in [0.2, 0.25) is 0 Å². The number of carbonyl (C=O) groups is 1. The molecule has 0 saturated carbocycles. The molecule has 25 heavy (non-hydrogen) atoms. The number of nitrogens with one attached hydrogen (secondary N) is 2. The summed E-state index contributed by atoms with van der Waals surface area (Å²) < 4.78 is 10.3. The van der Waals surface area contributed by atoms with E-state index in [9.17, 15) is 14.9 Å². The van der Waals surface area contributed by atoms with Crippen molar-refractivity contribution in [3.8, 4) is 5.75 Å². The van der Waals surface area contributed by atoms with Crippen molar-refractivity contribution in [3.63, 3.8) is 0 Å². The number of nitro groups is 1. The number of ether oxygens (including phenoxy) is 1. The van der Waals surface area contributed by atoms with E-state index in [1.165, 1.54) is 30.5 Å². The minimum absolute atomic E-state index is 0.0682. The fraction of sp³-hybridized carbons (Fsp3) is 0.125. The molecule has 1 aromatic carbocycles. The lowest BCUT2D eigenvalue weighted by molar-refractivity contribution is -0.384. The van der Waals surface area contributed by atoms with Crippen molar-refractivity contribution in [3.05, 3.63) is 58.5 Å². The van der Waals surface area contributed by atoms with Gasteiger partial charge >= 0.3 is 0 Å². The number of benzene rings is 1. The maximum atomic E-state index is 11.8. The Hall–Kier alpha value is -3.20. The van der Waals surface area contributed by atoms with Crippen LogP contribution in [0.1, 0.15) is 12.7 Å². The molecule has 0 radical (unpaired) electrons. The smallest absolute Gasteiger partial charge is 0.296 e. The molecule has 2 aromatic rings.